The zero-order chi connectivity index (χ0) is 30.6. The van der Waals surface area contributed by atoms with Gasteiger partial charge in [-0.2, -0.15) is 17.7 Å². The fraction of sp³-hybridized carbons (Fsp3) is 0.519. The van der Waals surface area contributed by atoms with Gasteiger partial charge in [0.1, 0.15) is 17.6 Å². The lowest BCUT2D eigenvalue weighted by molar-refractivity contribution is 0.0477. The first-order valence-electron chi connectivity index (χ1n) is 14.1. The van der Waals surface area contributed by atoms with Crippen LogP contribution in [0.5, 0.6) is 0 Å². The summed E-state index contributed by atoms with van der Waals surface area (Å²) in [4.78, 5) is 22.6. The zero-order valence-electron chi connectivity index (χ0n) is 23.4. The van der Waals surface area contributed by atoms with Crippen LogP contribution in [0.15, 0.2) is 29.2 Å². The monoisotopic (exact) mass is 625 g/mol. The van der Waals surface area contributed by atoms with Gasteiger partial charge in [0.15, 0.2) is 5.82 Å². The first-order valence-corrected chi connectivity index (χ1v) is 15.5. The third-order valence-corrected chi connectivity index (χ3v) is 8.69. The summed E-state index contributed by atoms with van der Waals surface area (Å²) in [6.07, 6.45) is 2.35. The number of rotatable bonds is 15. The first-order chi connectivity index (χ1) is 20.7. The summed E-state index contributed by atoms with van der Waals surface area (Å²) < 4.78 is 85.2. The molecule has 1 atom stereocenters. The molecule has 43 heavy (non-hydrogen) atoms. The summed E-state index contributed by atoms with van der Waals surface area (Å²) in [6, 6.07) is 3.04. The Morgan fingerprint density at radius 2 is 1.86 bits per heavy atom. The van der Waals surface area contributed by atoms with Crippen LogP contribution < -0.4 is 21.3 Å². The van der Waals surface area contributed by atoms with E-state index in [2.05, 4.69) is 20.0 Å². The molecule has 16 heteroatoms. The van der Waals surface area contributed by atoms with Crippen LogP contribution in [-0.2, 0) is 26.2 Å². The zero-order valence-corrected chi connectivity index (χ0v) is 24.2. The fourth-order valence-corrected chi connectivity index (χ4v) is 6.01. The van der Waals surface area contributed by atoms with Gasteiger partial charge in [0.25, 0.3) is 5.56 Å². The largest absolute Gasteiger partial charge is 0.378 e. The third kappa shape index (κ3) is 7.44. The molecule has 0 bridgehead atoms. The smallest absolute Gasteiger partial charge is 0.301 e. The minimum atomic E-state index is -4.33. The third-order valence-electron chi connectivity index (χ3n) is 7.20. The number of halogens is 3. The molecule has 234 valence electrons. The quantitative estimate of drug-likeness (QED) is 0.216. The molecule has 0 unspecified atom stereocenters. The summed E-state index contributed by atoms with van der Waals surface area (Å²) in [5.74, 6) is -1.52. The normalized spacial score (nSPS) is 17.5. The Balaban J connectivity index is 1.49. The van der Waals surface area contributed by atoms with E-state index in [1.807, 2.05) is 0 Å². The molecule has 4 N–H and O–H groups in total. The van der Waals surface area contributed by atoms with Crippen molar-refractivity contribution in [1.82, 2.24) is 18.8 Å². The molecule has 3 heterocycles. The number of pyridine rings is 1. The molecule has 5 rings (SSSR count). The molecule has 12 nitrogen and oxygen atoms in total. The molecule has 3 aromatic rings. The van der Waals surface area contributed by atoms with Crippen molar-refractivity contribution in [3.8, 4) is 11.1 Å². The van der Waals surface area contributed by atoms with Crippen molar-refractivity contribution in [3.63, 3.8) is 0 Å². The van der Waals surface area contributed by atoms with Crippen molar-refractivity contribution >= 4 is 32.9 Å². The lowest BCUT2D eigenvalue weighted by atomic mass is 10.0. The van der Waals surface area contributed by atoms with E-state index in [1.165, 1.54) is 16.8 Å². The second kappa shape index (κ2) is 13.5. The minimum absolute atomic E-state index is 0.00590. The number of nitrogens with zero attached hydrogens (tertiary/aromatic N) is 4. The number of aromatic nitrogens is 3. The van der Waals surface area contributed by atoms with Gasteiger partial charge in [-0.3, -0.25) is 14.1 Å². The summed E-state index contributed by atoms with van der Waals surface area (Å²) in [5.41, 5.74) is 3.21. The van der Waals surface area contributed by atoms with Crippen LogP contribution in [0.1, 0.15) is 19.3 Å². The maximum atomic E-state index is 15.8. The van der Waals surface area contributed by atoms with E-state index in [4.69, 9.17) is 15.2 Å². The Morgan fingerprint density at radius 1 is 1.09 bits per heavy atom. The molecule has 1 saturated carbocycles. The van der Waals surface area contributed by atoms with Crippen molar-refractivity contribution in [2.45, 2.75) is 32.0 Å². The SMILES string of the molecule is NCCOCCOCCn1c(=O)c(-c2c(F)ccc(NS(=O)(=O)N3CC[C@@H](F)C3)c2F)cc2cnc(NCC3CC3)nc21. The molecule has 0 amide bonds. The number of anilines is 2. The first kappa shape index (κ1) is 31.1. The number of nitrogens with one attached hydrogen (secondary N) is 2. The van der Waals surface area contributed by atoms with Crippen LogP contribution in [0, 0.1) is 17.6 Å². The fourth-order valence-electron chi connectivity index (χ4n) is 4.74. The number of nitrogens with two attached hydrogens (primary N) is 1. The van der Waals surface area contributed by atoms with Gasteiger partial charge < -0.3 is 20.5 Å². The molecule has 0 spiro atoms. The van der Waals surface area contributed by atoms with Gasteiger partial charge in [-0.05, 0) is 43.4 Å². The number of fused-ring (bicyclic) bond motifs is 1. The summed E-state index contributed by atoms with van der Waals surface area (Å²) in [7, 11) is -4.33. The van der Waals surface area contributed by atoms with Crippen molar-refractivity contribution < 1.29 is 31.1 Å². The van der Waals surface area contributed by atoms with Gasteiger partial charge in [-0.15, -0.1) is 0 Å². The van der Waals surface area contributed by atoms with Crippen LogP contribution in [0.4, 0.5) is 24.8 Å². The number of benzene rings is 1. The minimum Gasteiger partial charge on any atom is -0.378 e. The number of hydrogen-bond acceptors (Lipinski definition) is 9. The summed E-state index contributed by atoms with van der Waals surface area (Å²) in [6.45, 7) is 1.57. The Bertz CT molecular complexity index is 1620. The molecule has 1 aliphatic heterocycles. The molecule has 1 aliphatic carbocycles. The van der Waals surface area contributed by atoms with E-state index in [0.29, 0.717) is 43.6 Å². The van der Waals surface area contributed by atoms with Crippen LogP contribution >= 0.6 is 0 Å². The van der Waals surface area contributed by atoms with Crippen LogP contribution in [0.3, 0.4) is 0 Å². The Hall–Kier alpha value is -3.31. The lowest BCUT2D eigenvalue weighted by Crippen LogP contribution is -2.34. The van der Waals surface area contributed by atoms with Crippen molar-refractivity contribution in [1.29, 1.82) is 0 Å². The second-order valence-corrected chi connectivity index (χ2v) is 12.1. The molecule has 2 fully saturated rings. The van der Waals surface area contributed by atoms with Gasteiger partial charge in [0.05, 0.1) is 49.8 Å². The summed E-state index contributed by atoms with van der Waals surface area (Å²) >= 11 is 0. The number of alkyl halides is 1. The molecule has 0 radical (unpaired) electrons. The van der Waals surface area contributed by atoms with Crippen molar-refractivity contribution in [2.24, 2.45) is 11.7 Å². The number of hydrogen-bond donors (Lipinski definition) is 3. The molecule has 2 aliphatic rings. The van der Waals surface area contributed by atoms with Crippen molar-refractivity contribution in [2.75, 3.05) is 62.6 Å². The Morgan fingerprint density at radius 3 is 2.56 bits per heavy atom. The van der Waals surface area contributed by atoms with Crippen LogP contribution in [0.25, 0.3) is 22.2 Å². The Kier molecular flexibility index (Phi) is 9.81. The highest BCUT2D eigenvalue weighted by Gasteiger charge is 2.32. The molecule has 2 aromatic heterocycles. The predicted molar refractivity (Wildman–Crippen MR) is 155 cm³/mol. The predicted octanol–water partition coefficient (Wildman–Crippen LogP) is 2.25. The maximum Gasteiger partial charge on any atom is 0.301 e. The average Bonchev–Trinajstić information content (AvgIpc) is 3.71. The van der Waals surface area contributed by atoms with E-state index >= 15 is 8.78 Å². The van der Waals surface area contributed by atoms with E-state index in [-0.39, 0.29) is 50.5 Å². The van der Waals surface area contributed by atoms with Gasteiger partial charge in [0, 0.05) is 37.8 Å². The van der Waals surface area contributed by atoms with Gasteiger partial charge in [-0.25, -0.2) is 18.2 Å². The molecule has 1 aromatic carbocycles. The molecule has 1 saturated heterocycles. The highest BCUT2D eigenvalue weighted by molar-refractivity contribution is 7.90. The van der Waals surface area contributed by atoms with E-state index in [9.17, 15) is 17.6 Å². The topological polar surface area (TPSA) is 154 Å². The van der Waals surface area contributed by atoms with E-state index < -0.39 is 44.8 Å². The van der Waals surface area contributed by atoms with Gasteiger partial charge in [0.2, 0.25) is 5.95 Å². The van der Waals surface area contributed by atoms with Gasteiger partial charge >= 0.3 is 10.2 Å². The van der Waals surface area contributed by atoms with Crippen molar-refractivity contribution in [3.05, 3.63) is 46.4 Å². The van der Waals surface area contributed by atoms with E-state index in [0.717, 1.165) is 29.3 Å². The number of ether oxygens (including phenoxy) is 2. The Labute approximate surface area is 246 Å². The summed E-state index contributed by atoms with van der Waals surface area (Å²) in [5, 5.41) is 3.48. The van der Waals surface area contributed by atoms with E-state index in [1.54, 1.807) is 0 Å². The maximum absolute atomic E-state index is 15.8. The average molecular weight is 626 g/mol. The van der Waals surface area contributed by atoms with Gasteiger partial charge in [-0.1, -0.05) is 0 Å². The highest BCUT2D eigenvalue weighted by atomic mass is 32.2. The van der Waals surface area contributed by atoms with Crippen LogP contribution in [-0.4, -0.2) is 86.0 Å². The molecular formula is C27H34F3N7O5S. The second-order valence-electron chi connectivity index (χ2n) is 10.5. The lowest BCUT2D eigenvalue weighted by Gasteiger charge is -2.19. The van der Waals surface area contributed by atoms with Crippen LogP contribution in [0.2, 0.25) is 0 Å². The molecular weight excluding hydrogens is 591 g/mol. The standard InChI is InChI=1S/C27H34F3N7O5S/c28-19-5-7-36(16-19)43(39,40)35-22-4-3-21(29)23(24(22)30)20-13-18-15-33-27(32-14-17-1-2-17)34-25(18)37(26(20)38)8-10-42-12-11-41-9-6-31/h3-4,13,15,17,19,35H,1-2,5-12,14,16,31H2,(H,32,33,34)/t19-/m1/s1. The highest BCUT2D eigenvalue weighted by Crippen LogP contribution is 2.32.